The maximum absolute atomic E-state index is 13.4. The first-order valence-electron chi connectivity index (χ1n) is 9.01. The van der Waals surface area contributed by atoms with Crippen LogP contribution >= 0.6 is 0 Å². The fourth-order valence-electron chi connectivity index (χ4n) is 2.68. The molecule has 0 unspecified atom stereocenters. The van der Waals surface area contributed by atoms with Gasteiger partial charge >= 0.3 is 11.8 Å². The fourth-order valence-corrected chi connectivity index (χ4v) is 2.68. The van der Waals surface area contributed by atoms with Gasteiger partial charge in [0, 0.05) is 6.54 Å². The third-order valence-corrected chi connectivity index (χ3v) is 4.30. The van der Waals surface area contributed by atoms with E-state index in [1.54, 1.807) is 12.1 Å². The number of amides is 1. The first-order chi connectivity index (χ1) is 14.1. The first-order valence-corrected chi connectivity index (χ1v) is 9.01. The average Bonchev–Trinajstić information content (AvgIpc) is 3.42. The Morgan fingerprint density at radius 3 is 2.72 bits per heavy atom. The maximum Gasteiger partial charge on any atom is 0.316 e. The molecule has 0 aliphatic carbocycles. The molecule has 4 rings (SSSR count). The molecule has 0 atom stereocenters. The lowest BCUT2D eigenvalue weighted by Crippen LogP contribution is -2.23. The minimum Gasteiger partial charge on any atom is -0.344 e. The van der Waals surface area contributed by atoms with Crippen LogP contribution in [0.1, 0.15) is 28.7 Å². The molecule has 2 aromatic carbocycles. The van der Waals surface area contributed by atoms with Crippen LogP contribution in [0.4, 0.5) is 4.39 Å². The van der Waals surface area contributed by atoms with Gasteiger partial charge in [-0.1, -0.05) is 47.6 Å². The summed E-state index contributed by atoms with van der Waals surface area (Å²) in [5.74, 6) is -0.932. The number of halogens is 1. The van der Waals surface area contributed by atoms with E-state index in [1.807, 2.05) is 24.3 Å². The van der Waals surface area contributed by atoms with Crippen LogP contribution in [0.25, 0.3) is 17.2 Å². The molecule has 1 N–H and O–H groups in total. The van der Waals surface area contributed by atoms with Crippen LogP contribution in [0.5, 0.6) is 0 Å². The number of hydrogen-bond donors (Lipinski definition) is 1. The molecule has 0 saturated carbocycles. The lowest BCUT2D eigenvalue weighted by atomic mass is 10.1. The number of aromatic nitrogens is 5. The smallest absolute Gasteiger partial charge is 0.316 e. The zero-order chi connectivity index (χ0) is 20.2. The highest BCUT2D eigenvalue weighted by molar-refractivity contribution is 5.89. The summed E-state index contributed by atoms with van der Waals surface area (Å²) in [7, 11) is 0. The van der Waals surface area contributed by atoms with Gasteiger partial charge in [0.1, 0.15) is 5.82 Å². The van der Waals surface area contributed by atoms with Gasteiger partial charge in [0.25, 0.3) is 0 Å². The van der Waals surface area contributed by atoms with Crippen molar-refractivity contribution in [3.63, 3.8) is 0 Å². The van der Waals surface area contributed by atoms with Crippen molar-refractivity contribution in [1.29, 1.82) is 0 Å². The highest BCUT2D eigenvalue weighted by atomic mass is 19.1. The largest absolute Gasteiger partial charge is 0.344 e. The van der Waals surface area contributed by atoms with E-state index in [1.165, 1.54) is 28.6 Å². The number of benzene rings is 2. The Hall–Kier alpha value is -3.88. The summed E-state index contributed by atoms with van der Waals surface area (Å²) in [6, 6.07) is 13.9. The summed E-state index contributed by atoms with van der Waals surface area (Å²) < 4.78 is 19.8. The zero-order valence-electron chi connectivity index (χ0n) is 15.5. The summed E-state index contributed by atoms with van der Waals surface area (Å²) in [5, 5.41) is 14.4. The van der Waals surface area contributed by atoms with E-state index in [9.17, 15) is 9.18 Å². The Morgan fingerprint density at radius 2 is 1.97 bits per heavy atom. The summed E-state index contributed by atoms with van der Waals surface area (Å²) in [4.78, 5) is 16.3. The van der Waals surface area contributed by atoms with Crippen molar-refractivity contribution < 1.29 is 13.7 Å². The minimum absolute atomic E-state index is 0.116. The van der Waals surface area contributed by atoms with Crippen LogP contribution in [-0.2, 0) is 13.0 Å². The molecule has 1 amide bonds. The molecule has 2 aromatic heterocycles. The van der Waals surface area contributed by atoms with E-state index in [-0.39, 0.29) is 17.5 Å². The van der Waals surface area contributed by atoms with Gasteiger partial charge in [0.15, 0.2) is 5.69 Å². The van der Waals surface area contributed by atoms with Crippen molar-refractivity contribution >= 4 is 5.91 Å². The third-order valence-electron chi connectivity index (χ3n) is 4.30. The molecule has 0 bridgehead atoms. The monoisotopic (exact) mass is 392 g/mol. The van der Waals surface area contributed by atoms with E-state index in [0.29, 0.717) is 17.9 Å². The van der Waals surface area contributed by atoms with E-state index in [2.05, 4.69) is 32.7 Å². The molecule has 0 spiro atoms. The number of aryl methyl sites for hydroxylation is 1. The Bertz CT molecular complexity index is 1140. The Labute approximate surface area is 165 Å². The Morgan fingerprint density at radius 1 is 1.17 bits per heavy atom. The normalized spacial score (nSPS) is 10.8. The molecule has 8 nitrogen and oxygen atoms in total. The van der Waals surface area contributed by atoms with Crippen LogP contribution in [0, 0.1) is 5.82 Å². The molecule has 2 heterocycles. The number of carbonyl (C=O) groups excluding carboxylic acids is 1. The predicted octanol–water partition coefficient (Wildman–Crippen LogP) is 2.95. The molecule has 146 valence electrons. The number of nitrogens with zero attached hydrogens (tertiary/aromatic N) is 5. The molecule has 4 aromatic rings. The van der Waals surface area contributed by atoms with Gasteiger partial charge in [-0.15, -0.1) is 5.10 Å². The number of rotatable bonds is 6. The highest BCUT2D eigenvalue weighted by Gasteiger charge is 2.18. The second-order valence-corrected chi connectivity index (χ2v) is 6.30. The summed E-state index contributed by atoms with van der Waals surface area (Å²) in [6.45, 7) is 2.43. The Kier molecular flexibility index (Phi) is 5.10. The summed E-state index contributed by atoms with van der Waals surface area (Å²) in [6.07, 6.45) is 2.48. The number of carbonyl (C=O) groups is 1. The van der Waals surface area contributed by atoms with Crippen LogP contribution < -0.4 is 5.32 Å². The quantitative estimate of drug-likeness (QED) is 0.542. The van der Waals surface area contributed by atoms with Crippen molar-refractivity contribution in [2.45, 2.75) is 19.9 Å². The number of nitrogens with one attached hydrogen (secondary N) is 1. The molecule has 0 fully saturated rings. The van der Waals surface area contributed by atoms with Gasteiger partial charge in [0.2, 0.25) is 5.82 Å². The fraction of sp³-hybridized carbons (Fsp3) is 0.150. The van der Waals surface area contributed by atoms with Gasteiger partial charge in [0.05, 0.1) is 11.9 Å². The van der Waals surface area contributed by atoms with E-state index >= 15 is 0 Å². The van der Waals surface area contributed by atoms with Crippen molar-refractivity contribution in [1.82, 2.24) is 30.5 Å². The molecule has 0 radical (unpaired) electrons. The lowest BCUT2D eigenvalue weighted by Gasteiger charge is -2.03. The van der Waals surface area contributed by atoms with Crippen LogP contribution in [0.15, 0.2) is 59.3 Å². The van der Waals surface area contributed by atoms with Gasteiger partial charge < -0.3 is 9.84 Å². The molecule has 9 heteroatoms. The highest BCUT2D eigenvalue weighted by Crippen LogP contribution is 2.15. The van der Waals surface area contributed by atoms with Gasteiger partial charge in [-0.05, 0) is 35.7 Å². The SMILES string of the molecule is CCc1ccc(CNC(=O)c2nc(-c3cn(-c4cccc(F)c4)nn3)no2)cc1. The van der Waals surface area contributed by atoms with Gasteiger partial charge in [-0.25, -0.2) is 9.07 Å². The third kappa shape index (κ3) is 4.18. The first kappa shape index (κ1) is 18.5. The van der Waals surface area contributed by atoms with Gasteiger partial charge in [-0.2, -0.15) is 4.98 Å². The van der Waals surface area contributed by atoms with E-state index in [4.69, 9.17) is 4.52 Å². The standard InChI is InChI=1S/C20H17FN6O2/c1-2-13-6-8-14(9-7-13)11-22-19(28)20-23-18(25-29-20)17-12-27(26-24-17)16-5-3-4-15(21)10-16/h3-10,12H,2,11H2,1H3,(H,22,28). The second kappa shape index (κ2) is 8.01. The van der Waals surface area contributed by atoms with Crippen molar-refractivity contribution in [3.05, 3.63) is 77.6 Å². The summed E-state index contributed by atoms with van der Waals surface area (Å²) >= 11 is 0. The van der Waals surface area contributed by atoms with Gasteiger partial charge in [-0.3, -0.25) is 4.79 Å². The van der Waals surface area contributed by atoms with Crippen molar-refractivity contribution in [3.8, 4) is 17.2 Å². The van der Waals surface area contributed by atoms with Crippen LogP contribution in [-0.4, -0.2) is 31.0 Å². The predicted molar refractivity (Wildman–Crippen MR) is 102 cm³/mol. The molecule has 0 aliphatic heterocycles. The summed E-state index contributed by atoms with van der Waals surface area (Å²) in [5.41, 5.74) is 2.99. The molecule has 29 heavy (non-hydrogen) atoms. The van der Waals surface area contributed by atoms with E-state index < -0.39 is 5.91 Å². The zero-order valence-corrected chi connectivity index (χ0v) is 15.5. The molecule has 0 aliphatic rings. The maximum atomic E-state index is 13.4. The van der Waals surface area contributed by atoms with Crippen LogP contribution in [0.3, 0.4) is 0 Å². The minimum atomic E-state index is -0.485. The number of hydrogen-bond acceptors (Lipinski definition) is 6. The average molecular weight is 392 g/mol. The lowest BCUT2D eigenvalue weighted by molar-refractivity contribution is 0.0907. The Balaban J connectivity index is 1.43. The van der Waals surface area contributed by atoms with E-state index in [0.717, 1.165) is 12.0 Å². The molecular weight excluding hydrogens is 375 g/mol. The molecule has 0 saturated heterocycles. The van der Waals surface area contributed by atoms with Crippen molar-refractivity contribution in [2.75, 3.05) is 0 Å². The topological polar surface area (TPSA) is 98.7 Å². The second-order valence-electron chi connectivity index (χ2n) is 6.30. The van der Waals surface area contributed by atoms with Crippen LogP contribution in [0.2, 0.25) is 0 Å². The molecular formula is C20H17FN6O2. The van der Waals surface area contributed by atoms with Crippen molar-refractivity contribution in [2.24, 2.45) is 0 Å².